The lowest BCUT2D eigenvalue weighted by molar-refractivity contribution is 0.0969. The summed E-state index contributed by atoms with van der Waals surface area (Å²) in [4.78, 5) is 12.6. The molecule has 2 aromatic carbocycles. The van der Waals surface area contributed by atoms with Gasteiger partial charge in [-0.2, -0.15) is 0 Å². The molecule has 0 aromatic heterocycles. The molecule has 3 rings (SSSR count). The molecule has 1 aliphatic rings. The van der Waals surface area contributed by atoms with Crippen LogP contribution in [0.4, 0.5) is 0 Å². The van der Waals surface area contributed by atoms with Crippen molar-refractivity contribution in [2.45, 2.75) is 64.3 Å². The lowest BCUT2D eigenvalue weighted by Crippen LogP contribution is -2.06. The number of rotatable bonds is 6. The first-order chi connectivity index (χ1) is 13.9. The smallest absolute Gasteiger partial charge is 0.177 e. The van der Waals surface area contributed by atoms with Crippen molar-refractivity contribution < 1.29 is 15.0 Å². The summed E-state index contributed by atoms with van der Waals surface area (Å²) in [6.07, 6.45) is 6.84. The van der Waals surface area contributed by atoms with Crippen molar-refractivity contribution in [2.24, 2.45) is 11.7 Å². The predicted molar refractivity (Wildman–Crippen MR) is 117 cm³/mol. The molecule has 0 radical (unpaired) electrons. The Kier molecular flexibility index (Phi) is 7.20. The highest BCUT2D eigenvalue weighted by molar-refractivity contribution is 6.33. The van der Waals surface area contributed by atoms with Crippen LogP contribution in [0, 0.1) is 12.8 Å². The Morgan fingerprint density at radius 2 is 1.93 bits per heavy atom. The lowest BCUT2D eigenvalue weighted by Gasteiger charge is -2.16. The van der Waals surface area contributed by atoms with Gasteiger partial charge in [0.2, 0.25) is 0 Å². The number of hydrogen-bond acceptors (Lipinski definition) is 4. The van der Waals surface area contributed by atoms with Crippen molar-refractivity contribution in [3.8, 4) is 11.5 Å². The predicted octanol–water partition coefficient (Wildman–Crippen LogP) is 5.85. The van der Waals surface area contributed by atoms with Crippen LogP contribution in [0.25, 0.3) is 0 Å². The Bertz CT molecular complexity index is 881. The molecule has 2 unspecified atom stereocenters. The van der Waals surface area contributed by atoms with Crippen molar-refractivity contribution >= 4 is 17.4 Å². The molecule has 4 nitrogen and oxygen atoms in total. The molecule has 2 atom stereocenters. The minimum atomic E-state index is -0.411. The highest BCUT2D eigenvalue weighted by Gasteiger charge is 2.23. The van der Waals surface area contributed by atoms with E-state index in [9.17, 15) is 15.0 Å². The van der Waals surface area contributed by atoms with Gasteiger partial charge in [-0.3, -0.25) is 4.79 Å². The molecule has 1 fully saturated rings. The van der Waals surface area contributed by atoms with Crippen molar-refractivity contribution in [3.05, 3.63) is 57.6 Å². The monoisotopic (exact) mass is 415 g/mol. The topological polar surface area (TPSA) is 83.6 Å². The zero-order valence-corrected chi connectivity index (χ0v) is 17.7. The highest BCUT2D eigenvalue weighted by atomic mass is 35.5. The fourth-order valence-electron chi connectivity index (χ4n) is 4.42. The van der Waals surface area contributed by atoms with E-state index in [2.05, 4.69) is 24.3 Å². The summed E-state index contributed by atoms with van der Waals surface area (Å²) in [5.41, 5.74) is 9.08. The van der Waals surface area contributed by atoms with Crippen molar-refractivity contribution in [1.29, 1.82) is 0 Å². The molecule has 0 spiro atoms. The molecule has 1 aliphatic carbocycles. The number of ketones is 1. The zero-order chi connectivity index (χ0) is 21.0. The van der Waals surface area contributed by atoms with Crippen molar-refractivity contribution in [2.75, 3.05) is 0 Å². The maximum Gasteiger partial charge on any atom is 0.177 e. The summed E-state index contributed by atoms with van der Waals surface area (Å²) in [6.45, 7) is 2.28. The summed E-state index contributed by atoms with van der Waals surface area (Å²) in [6, 6.07) is 10.2. The fourth-order valence-corrected chi connectivity index (χ4v) is 4.57. The van der Waals surface area contributed by atoms with E-state index in [0.717, 1.165) is 32.1 Å². The van der Waals surface area contributed by atoms with Gasteiger partial charge in [0.25, 0.3) is 0 Å². The third-order valence-electron chi connectivity index (χ3n) is 6.22. The number of halogens is 1. The molecule has 0 heterocycles. The number of aryl methyl sites for hydroxylation is 1. The SMILES string of the molecule is Cc1cc(C(=O)CCC2CCCC(c3cccc(CN)c3)CC2)c(O)c(O)c1Cl. The molecule has 4 N–H and O–H groups in total. The van der Waals surface area contributed by atoms with Crippen LogP contribution in [-0.2, 0) is 6.54 Å². The maximum atomic E-state index is 12.6. The first-order valence-electron chi connectivity index (χ1n) is 10.4. The van der Waals surface area contributed by atoms with Crippen molar-refractivity contribution in [3.63, 3.8) is 0 Å². The van der Waals surface area contributed by atoms with E-state index in [1.807, 2.05) is 0 Å². The average Bonchev–Trinajstić information content (AvgIpc) is 2.99. The second-order valence-electron chi connectivity index (χ2n) is 8.23. The largest absolute Gasteiger partial charge is 0.504 e. The van der Waals surface area contributed by atoms with Gasteiger partial charge in [-0.05, 0) is 67.2 Å². The van der Waals surface area contributed by atoms with Gasteiger partial charge in [-0.1, -0.05) is 48.7 Å². The van der Waals surface area contributed by atoms with E-state index < -0.39 is 11.5 Å². The van der Waals surface area contributed by atoms with Gasteiger partial charge in [0.05, 0.1) is 10.6 Å². The molecule has 0 bridgehead atoms. The second kappa shape index (κ2) is 9.64. The third kappa shape index (κ3) is 5.12. The quantitative estimate of drug-likeness (QED) is 0.314. The van der Waals surface area contributed by atoms with E-state index in [0.29, 0.717) is 30.4 Å². The van der Waals surface area contributed by atoms with Crippen LogP contribution >= 0.6 is 11.6 Å². The minimum absolute atomic E-state index is 0.0903. The standard InChI is InChI=1S/C24H30ClNO3/c1-15-12-20(23(28)24(29)22(15)25)21(27)11-9-16-4-2-6-18(10-8-16)19-7-3-5-17(13-19)14-26/h3,5,7,12-13,16,18,28-29H,2,4,6,8-11,14,26H2,1H3. The van der Waals surface area contributed by atoms with Crippen LogP contribution < -0.4 is 5.73 Å². The van der Waals surface area contributed by atoms with Gasteiger partial charge < -0.3 is 15.9 Å². The Morgan fingerprint density at radius 3 is 2.69 bits per heavy atom. The summed E-state index contributed by atoms with van der Waals surface area (Å²) in [5, 5.41) is 20.1. The highest BCUT2D eigenvalue weighted by Crippen LogP contribution is 2.40. The van der Waals surface area contributed by atoms with E-state index in [1.54, 1.807) is 13.0 Å². The maximum absolute atomic E-state index is 12.6. The van der Waals surface area contributed by atoms with Gasteiger partial charge in [-0.25, -0.2) is 0 Å². The number of phenols is 2. The van der Waals surface area contributed by atoms with Crippen molar-refractivity contribution in [1.82, 2.24) is 0 Å². The number of phenolic OH excluding ortho intramolecular Hbond substituents is 2. The molecular weight excluding hydrogens is 386 g/mol. The normalized spacial score (nSPS) is 19.7. The molecular formula is C24H30ClNO3. The van der Waals surface area contributed by atoms with Crippen LogP contribution in [0.2, 0.25) is 5.02 Å². The van der Waals surface area contributed by atoms with Crippen LogP contribution in [0.5, 0.6) is 11.5 Å². The molecule has 0 amide bonds. The summed E-state index contributed by atoms with van der Waals surface area (Å²) in [5.74, 6) is 0.0975. The third-order valence-corrected chi connectivity index (χ3v) is 6.70. The van der Waals surface area contributed by atoms with E-state index in [-0.39, 0.29) is 16.4 Å². The number of carbonyl (C=O) groups excluding carboxylic acids is 1. The number of hydrogen-bond donors (Lipinski definition) is 3. The molecule has 29 heavy (non-hydrogen) atoms. The van der Waals surface area contributed by atoms with Gasteiger partial charge in [-0.15, -0.1) is 0 Å². The summed E-state index contributed by atoms with van der Waals surface area (Å²) >= 11 is 5.93. The van der Waals surface area contributed by atoms with Crippen LogP contribution in [0.15, 0.2) is 30.3 Å². The van der Waals surface area contributed by atoms with Gasteiger partial charge in [0.1, 0.15) is 0 Å². The molecule has 1 saturated carbocycles. The van der Waals surface area contributed by atoms with E-state index >= 15 is 0 Å². The Morgan fingerprint density at radius 1 is 1.14 bits per heavy atom. The first-order valence-corrected chi connectivity index (χ1v) is 10.8. The average molecular weight is 416 g/mol. The molecule has 0 aliphatic heterocycles. The second-order valence-corrected chi connectivity index (χ2v) is 8.61. The van der Waals surface area contributed by atoms with Crippen LogP contribution in [0.3, 0.4) is 0 Å². The Labute approximate surface area is 177 Å². The first kappa shape index (κ1) is 21.7. The number of carbonyl (C=O) groups is 1. The molecule has 2 aromatic rings. The lowest BCUT2D eigenvalue weighted by atomic mass is 9.89. The minimum Gasteiger partial charge on any atom is -0.504 e. The Balaban J connectivity index is 1.59. The summed E-state index contributed by atoms with van der Waals surface area (Å²) in [7, 11) is 0. The van der Waals surface area contributed by atoms with Gasteiger partial charge >= 0.3 is 0 Å². The number of Topliss-reactive ketones (excluding diaryl/α,β-unsaturated/α-hetero) is 1. The molecule has 0 saturated heterocycles. The Hall–Kier alpha value is -2.04. The molecule has 156 valence electrons. The number of nitrogens with two attached hydrogens (primary N) is 1. The molecule has 5 heteroatoms. The van der Waals surface area contributed by atoms with E-state index in [1.165, 1.54) is 17.5 Å². The van der Waals surface area contributed by atoms with E-state index in [4.69, 9.17) is 17.3 Å². The fraction of sp³-hybridized carbons (Fsp3) is 0.458. The number of aromatic hydroxyl groups is 2. The zero-order valence-electron chi connectivity index (χ0n) is 17.0. The van der Waals surface area contributed by atoms with Gasteiger partial charge in [0.15, 0.2) is 17.3 Å². The van der Waals surface area contributed by atoms with Crippen LogP contribution in [-0.4, -0.2) is 16.0 Å². The van der Waals surface area contributed by atoms with Crippen LogP contribution in [0.1, 0.15) is 77.9 Å². The number of benzene rings is 2. The summed E-state index contributed by atoms with van der Waals surface area (Å²) < 4.78 is 0. The van der Waals surface area contributed by atoms with Gasteiger partial charge in [0, 0.05) is 13.0 Å².